The van der Waals surface area contributed by atoms with Crippen molar-refractivity contribution in [3.8, 4) is 16.9 Å². The third-order valence-corrected chi connectivity index (χ3v) is 7.31. The molecule has 4 aromatic rings. The van der Waals surface area contributed by atoms with E-state index in [0.717, 1.165) is 38.7 Å². The average molecular weight is 487 g/mol. The molecule has 1 fully saturated rings. The summed E-state index contributed by atoms with van der Waals surface area (Å²) >= 11 is 6.90. The normalized spacial score (nSPS) is 17.1. The van der Waals surface area contributed by atoms with E-state index in [1.807, 2.05) is 37.3 Å². The first-order valence-corrected chi connectivity index (χ1v) is 11.9. The van der Waals surface area contributed by atoms with Crippen molar-refractivity contribution in [2.24, 2.45) is 0 Å². The van der Waals surface area contributed by atoms with Crippen molar-refractivity contribution < 1.29 is 9.53 Å². The van der Waals surface area contributed by atoms with E-state index in [9.17, 15) is 9.59 Å². The quantitative estimate of drug-likeness (QED) is 0.427. The van der Waals surface area contributed by atoms with Crippen molar-refractivity contribution >= 4 is 44.9 Å². The summed E-state index contributed by atoms with van der Waals surface area (Å²) in [5.41, 5.74) is 4.08. The summed E-state index contributed by atoms with van der Waals surface area (Å²) in [6, 6.07) is 9.73. The Hall–Kier alpha value is -3.84. The van der Waals surface area contributed by atoms with Gasteiger partial charge < -0.3 is 19.5 Å². The Kier molecular flexibility index (Phi) is 5.04. The van der Waals surface area contributed by atoms with Crippen molar-refractivity contribution in [2.45, 2.75) is 13.0 Å². The molecule has 2 aromatic heterocycles. The highest BCUT2D eigenvalue weighted by Crippen LogP contribution is 2.44. The number of carbonyl (C=O) groups is 1. The molecule has 1 saturated heterocycles. The van der Waals surface area contributed by atoms with Crippen LogP contribution in [0.15, 0.2) is 60.2 Å². The van der Waals surface area contributed by atoms with E-state index < -0.39 is 0 Å². The zero-order valence-electron chi connectivity index (χ0n) is 19.2. The first-order valence-electron chi connectivity index (χ1n) is 11.5. The lowest BCUT2D eigenvalue weighted by Crippen LogP contribution is -2.58. The summed E-state index contributed by atoms with van der Waals surface area (Å²) in [4.78, 5) is 36.5. The van der Waals surface area contributed by atoms with Crippen LogP contribution in [0.3, 0.4) is 0 Å². The van der Waals surface area contributed by atoms with Crippen molar-refractivity contribution in [1.29, 1.82) is 0 Å². The lowest BCUT2D eigenvalue weighted by atomic mass is 9.93. The number of pyridine rings is 2. The molecule has 0 bridgehead atoms. The molecule has 1 amide bonds. The topological polar surface area (TPSA) is 78.5 Å². The molecular formula is C27H23ClN4O3. The van der Waals surface area contributed by atoms with Gasteiger partial charge in [0.25, 0.3) is 5.56 Å². The number of nitrogens with zero attached hydrogens (tertiary/aromatic N) is 3. The number of fused-ring (bicyclic) bond motifs is 6. The molecule has 0 radical (unpaired) electrons. The molecule has 176 valence electrons. The fraction of sp³-hybridized carbons (Fsp3) is 0.222. The van der Waals surface area contributed by atoms with Gasteiger partial charge >= 0.3 is 0 Å². The fourth-order valence-corrected chi connectivity index (χ4v) is 5.57. The maximum atomic E-state index is 12.8. The van der Waals surface area contributed by atoms with E-state index >= 15 is 0 Å². The molecule has 7 nitrogen and oxygen atoms in total. The van der Waals surface area contributed by atoms with Crippen LogP contribution in [0.25, 0.3) is 32.8 Å². The number of carbonyl (C=O) groups excluding carboxylic acids is 1. The van der Waals surface area contributed by atoms with Gasteiger partial charge in [-0.25, -0.2) is 0 Å². The number of H-pyrrole nitrogens is 1. The van der Waals surface area contributed by atoms with Gasteiger partial charge in [0.15, 0.2) is 5.75 Å². The Labute approximate surface area is 206 Å². The van der Waals surface area contributed by atoms with E-state index in [-0.39, 0.29) is 17.5 Å². The Morgan fingerprint density at radius 2 is 2.14 bits per heavy atom. The van der Waals surface area contributed by atoms with Crippen molar-refractivity contribution in [1.82, 2.24) is 14.9 Å². The Morgan fingerprint density at radius 3 is 2.97 bits per heavy atom. The maximum Gasteiger partial charge on any atom is 0.256 e. The van der Waals surface area contributed by atoms with Gasteiger partial charge in [-0.3, -0.25) is 14.6 Å². The van der Waals surface area contributed by atoms with Crippen molar-refractivity contribution in [2.75, 3.05) is 31.1 Å². The van der Waals surface area contributed by atoms with Gasteiger partial charge in [0.2, 0.25) is 5.91 Å². The summed E-state index contributed by atoms with van der Waals surface area (Å²) in [6.07, 6.45) is 4.75. The van der Waals surface area contributed by atoms with Crippen LogP contribution in [0.2, 0.25) is 5.02 Å². The number of benzene rings is 2. The Bertz CT molecular complexity index is 1600. The summed E-state index contributed by atoms with van der Waals surface area (Å²) in [7, 11) is 0. The zero-order chi connectivity index (χ0) is 24.3. The number of hydrogen-bond acceptors (Lipinski definition) is 5. The Balaban J connectivity index is 1.51. The molecule has 1 N–H and O–H groups in total. The van der Waals surface area contributed by atoms with Gasteiger partial charge in [-0.2, -0.15) is 0 Å². The highest BCUT2D eigenvalue weighted by atomic mass is 35.5. The van der Waals surface area contributed by atoms with Gasteiger partial charge in [-0.1, -0.05) is 30.3 Å². The molecule has 0 spiro atoms. The highest BCUT2D eigenvalue weighted by Gasteiger charge is 2.35. The number of aryl methyl sites for hydroxylation is 1. The second kappa shape index (κ2) is 8.13. The lowest BCUT2D eigenvalue weighted by molar-refractivity contribution is -0.127. The zero-order valence-corrected chi connectivity index (χ0v) is 19.9. The van der Waals surface area contributed by atoms with Crippen LogP contribution in [0.1, 0.15) is 5.56 Å². The predicted molar refractivity (Wildman–Crippen MR) is 138 cm³/mol. The summed E-state index contributed by atoms with van der Waals surface area (Å²) in [5, 5.41) is 2.88. The predicted octanol–water partition coefficient (Wildman–Crippen LogP) is 4.30. The van der Waals surface area contributed by atoms with Crippen LogP contribution in [0.5, 0.6) is 5.75 Å². The largest absolute Gasteiger partial charge is 0.488 e. The third-order valence-electron chi connectivity index (χ3n) is 7.00. The molecule has 4 heterocycles. The number of nitrogens with one attached hydrogen (secondary N) is 1. The van der Waals surface area contributed by atoms with Gasteiger partial charge in [-0.15, -0.1) is 0 Å². The Morgan fingerprint density at radius 1 is 1.29 bits per heavy atom. The van der Waals surface area contributed by atoms with Crippen LogP contribution < -0.4 is 15.2 Å². The van der Waals surface area contributed by atoms with Crippen LogP contribution >= 0.6 is 11.6 Å². The molecule has 2 aliphatic rings. The number of piperazine rings is 1. The molecule has 0 aliphatic carbocycles. The number of hydrogen-bond donors (Lipinski definition) is 1. The van der Waals surface area contributed by atoms with Gasteiger partial charge in [0, 0.05) is 41.8 Å². The first kappa shape index (κ1) is 21.7. The smallest absolute Gasteiger partial charge is 0.256 e. The van der Waals surface area contributed by atoms with Gasteiger partial charge in [0.1, 0.15) is 6.61 Å². The minimum Gasteiger partial charge on any atom is -0.488 e. The molecule has 2 aromatic carbocycles. The molecule has 1 atom stereocenters. The minimum absolute atomic E-state index is 0.0306. The van der Waals surface area contributed by atoms with Gasteiger partial charge in [0.05, 0.1) is 28.8 Å². The van der Waals surface area contributed by atoms with Crippen LogP contribution in [-0.2, 0) is 4.79 Å². The maximum absolute atomic E-state index is 12.8. The van der Waals surface area contributed by atoms with E-state index in [1.54, 1.807) is 17.3 Å². The van der Waals surface area contributed by atoms with Crippen LogP contribution in [-0.4, -0.2) is 53.1 Å². The number of aromatic amines is 1. The van der Waals surface area contributed by atoms with Crippen LogP contribution in [0, 0.1) is 6.92 Å². The number of halogens is 1. The second-order valence-corrected chi connectivity index (χ2v) is 9.40. The minimum atomic E-state index is -0.154. The third kappa shape index (κ3) is 3.38. The average Bonchev–Trinajstić information content (AvgIpc) is 2.87. The molecule has 0 saturated carbocycles. The molecule has 6 rings (SSSR count). The van der Waals surface area contributed by atoms with E-state index in [2.05, 4.69) is 21.4 Å². The number of amides is 1. The summed E-state index contributed by atoms with van der Waals surface area (Å²) in [6.45, 7) is 7.91. The monoisotopic (exact) mass is 486 g/mol. The highest BCUT2D eigenvalue weighted by molar-refractivity contribution is 6.35. The molecule has 0 unspecified atom stereocenters. The number of ether oxygens (including phenoxy) is 1. The molecule has 8 heteroatoms. The van der Waals surface area contributed by atoms with E-state index in [1.165, 1.54) is 6.08 Å². The van der Waals surface area contributed by atoms with Crippen molar-refractivity contribution in [3.05, 3.63) is 76.3 Å². The number of aromatic nitrogens is 2. The lowest BCUT2D eigenvalue weighted by Gasteiger charge is -2.45. The van der Waals surface area contributed by atoms with E-state index in [4.69, 9.17) is 16.3 Å². The summed E-state index contributed by atoms with van der Waals surface area (Å²) < 4.78 is 6.05. The standard InChI is InChI=1S/C27H23ClN4O3/c1-3-23(33)31-8-9-32-17(13-31)14-35-22-12-30-21-11-18(20(28)10-19(21)26(22)32)24-15(2)4-5-16-6-7-29-27(34)25(16)24/h3-7,10-12,17H,1,8-9,13-14H2,2H3,(H,29,34)/t17-/m1/s1. The second-order valence-electron chi connectivity index (χ2n) is 9.00. The fourth-order valence-electron chi connectivity index (χ4n) is 5.31. The SMILES string of the molecule is C=CC(=O)N1CCN2c3c(cnc4cc(-c5c(C)ccc6cc[nH]c(=O)c56)c(Cl)cc34)OC[C@H]2C1. The number of rotatable bonds is 2. The van der Waals surface area contributed by atoms with Crippen LogP contribution in [0.4, 0.5) is 5.69 Å². The number of anilines is 1. The van der Waals surface area contributed by atoms with Gasteiger partial charge in [-0.05, 0) is 47.7 Å². The molecule has 35 heavy (non-hydrogen) atoms. The summed E-state index contributed by atoms with van der Waals surface area (Å²) in [5.74, 6) is 0.641. The van der Waals surface area contributed by atoms with E-state index in [0.29, 0.717) is 42.4 Å². The molecular weight excluding hydrogens is 464 g/mol. The first-order chi connectivity index (χ1) is 17.0. The van der Waals surface area contributed by atoms with Crippen molar-refractivity contribution in [3.63, 3.8) is 0 Å². The molecule has 2 aliphatic heterocycles.